The first-order valence-electron chi connectivity index (χ1n) is 10.4. The van der Waals surface area contributed by atoms with Crippen molar-refractivity contribution in [3.63, 3.8) is 0 Å². The molecular formula is C22H30N6O. The zero-order valence-corrected chi connectivity index (χ0v) is 17.3. The molecule has 4 rings (SSSR count). The lowest BCUT2D eigenvalue weighted by molar-refractivity contribution is 0.0398. The molecule has 1 aliphatic heterocycles. The maximum absolute atomic E-state index is 5.43. The van der Waals surface area contributed by atoms with Crippen molar-refractivity contribution in [1.82, 2.24) is 19.5 Å². The van der Waals surface area contributed by atoms with Crippen LogP contribution in [0.5, 0.6) is 0 Å². The van der Waals surface area contributed by atoms with Crippen molar-refractivity contribution in [1.29, 1.82) is 0 Å². The number of aromatic nitrogens is 3. The highest BCUT2D eigenvalue weighted by atomic mass is 16.5. The van der Waals surface area contributed by atoms with E-state index in [4.69, 9.17) is 9.72 Å². The van der Waals surface area contributed by atoms with Crippen molar-refractivity contribution in [3.05, 3.63) is 53.7 Å². The summed E-state index contributed by atoms with van der Waals surface area (Å²) in [6.45, 7) is 10.6. The summed E-state index contributed by atoms with van der Waals surface area (Å²) in [5.74, 6) is 2.19. The maximum Gasteiger partial charge on any atom is 0.163 e. The van der Waals surface area contributed by atoms with Gasteiger partial charge in [0.25, 0.3) is 0 Å². The molecule has 1 aromatic carbocycles. The number of nitrogens with one attached hydrogen (secondary N) is 2. The minimum absolute atomic E-state index is 0.366. The number of hydrogen-bond acceptors (Lipinski definition) is 6. The first-order chi connectivity index (χ1) is 14.2. The van der Waals surface area contributed by atoms with Crippen LogP contribution in [0.15, 0.2) is 42.6 Å². The molecule has 2 aromatic heterocycles. The quantitative estimate of drug-likeness (QED) is 0.612. The van der Waals surface area contributed by atoms with Gasteiger partial charge in [0.15, 0.2) is 5.65 Å². The number of fused-ring (bicyclic) bond motifs is 1. The Hall–Kier alpha value is -2.64. The summed E-state index contributed by atoms with van der Waals surface area (Å²) < 4.78 is 7.33. The van der Waals surface area contributed by atoms with E-state index in [9.17, 15) is 0 Å². The van der Waals surface area contributed by atoms with Crippen molar-refractivity contribution >= 4 is 17.3 Å². The molecule has 0 radical (unpaired) electrons. The molecule has 3 heterocycles. The lowest BCUT2D eigenvalue weighted by Crippen LogP contribution is -2.39. The Morgan fingerprint density at radius 1 is 1.10 bits per heavy atom. The number of anilines is 2. The fraction of sp³-hybridized carbons (Fsp3) is 0.455. The SMILES string of the molecule is CC(C)c1cnn2c(NCc3ccccc3)cc(NCCN3CCOCC3)nc12. The molecule has 154 valence electrons. The van der Waals surface area contributed by atoms with E-state index in [0.717, 1.165) is 68.8 Å². The second-order valence-corrected chi connectivity index (χ2v) is 7.74. The number of nitrogens with zero attached hydrogens (tertiary/aromatic N) is 4. The number of benzene rings is 1. The van der Waals surface area contributed by atoms with E-state index in [0.29, 0.717) is 5.92 Å². The highest BCUT2D eigenvalue weighted by Crippen LogP contribution is 2.24. The first-order valence-corrected chi connectivity index (χ1v) is 10.4. The molecule has 3 aromatic rings. The molecule has 7 nitrogen and oxygen atoms in total. The molecule has 0 amide bonds. The van der Waals surface area contributed by atoms with Gasteiger partial charge >= 0.3 is 0 Å². The average molecular weight is 395 g/mol. The Morgan fingerprint density at radius 3 is 2.66 bits per heavy atom. The summed E-state index contributed by atoms with van der Waals surface area (Å²) >= 11 is 0. The lowest BCUT2D eigenvalue weighted by Gasteiger charge is -2.26. The summed E-state index contributed by atoms with van der Waals surface area (Å²) in [6.07, 6.45) is 1.93. The highest BCUT2D eigenvalue weighted by molar-refractivity contribution is 5.61. The third kappa shape index (κ3) is 4.86. The molecule has 0 unspecified atom stereocenters. The van der Waals surface area contributed by atoms with Gasteiger partial charge in [-0.1, -0.05) is 44.2 Å². The van der Waals surface area contributed by atoms with Crippen LogP contribution in [-0.2, 0) is 11.3 Å². The van der Waals surface area contributed by atoms with Crippen LogP contribution in [0, 0.1) is 0 Å². The summed E-state index contributed by atoms with van der Waals surface area (Å²) in [6, 6.07) is 12.4. The molecule has 29 heavy (non-hydrogen) atoms. The van der Waals surface area contributed by atoms with E-state index in [1.165, 1.54) is 5.56 Å². The molecule has 0 bridgehead atoms. The fourth-order valence-electron chi connectivity index (χ4n) is 3.56. The molecule has 7 heteroatoms. The van der Waals surface area contributed by atoms with Crippen LogP contribution in [-0.4, -0.2) is 58.9 Å². The van der Waals surface area contributed by atoms with Gasteiger partial charge in [0.2, 0.25) is 0 Å². The predicted octanol–water partition coefficient (Wildman–Crippen LogP) is 3.21. The van der Waals surface area contributed by atoms with Crippen LogP contribution in [0.4, 0.5) is 11.6 Å². The second-order valence-electron chi connectivity index (χ2n) is 7.74. The van der Waals surface area contributed by atoms with E-state index in [2.05, 4.69) is 58.7 Å². The molecular weight excluding hydrogens is 364 g/mol. The highest BCUT2D eigenvalue weighted by Gasteiger charge is 2.14. The summed E-state index contributed by atoms with van der Waals surface area (Å²) in [7, 11) is 0. The topological polar surface area (TPSA) is 66.7 Å². The predicted molar refractivity (Wildman–Crippen MR) is 117 cm³/mol. The molecule has 0 saturated carbocycles. The zero-order valence-electron chi connectivity index (χ0n) is 17.3. The van der Waals surface area contributed by atoms with E-state index >= 15 is 0 Å². The van der Waals surface area contributed by atoms with Gasteiger partial charge in [-0.3, -0.25) is 4.90 Å². The molecule has 0 atom stereocenters. The second kappa shape index (κ2) is 9.24. The average Bonchev–Trinajstić information content (AvgIpc) is 3.18. The minimum Gasteiger partial charge on any atom is -0.379 e. The summed E-state index contributed by atoms with van der Waals surface area (Å²) in [5, 5.41) is 11.6. The van der Waals surface area contributed by atoms with Crippen molar-refractivity contribution in [2.45, 2.75) is 26.3 Å². The van der Waals surface area contributed by atoms with Crippen molar-refractivity contribution in [2.24, 2.45) is 0 Å². The largest absolute Gasteiger partial charge is 0.379 e. The normalized spacial score (nSPS) is 15.1. The number of hydrogen-bond donors (Lipinski definition) is 2. The van der Waals surface area contributed by atoms with Crippen LogP contribution >= 0.6 is 0 Å². The number of ether oxygens (including phenoxy) is 1. The van der Waals surface area contributed by atoms with Crippen molar-refractivity contribution < 1.29 is 4.74 Å². The number of rotatable bonds is 8. The van der Waals surface area contributed by atoms with E-state index in [1.807, 2.05) is 22.8 Å². The smallest absolute Gasteiger partial charge is 0.163 e. The van der Waals surface area contributed by atoms with Crippen LogP contribution in [0.25, 0.3) is 5.65 Å². The Labute approximate surface area is 172 Å². The third-order valence-electron chi connectivity index (χ3n) is 5.28. The van der Waals surface area contributed by atoms with Gasteiger partial charge in [0.1, 0.15) is 11.6 Å². The van der Waals surface area contributed by atoms with Crippen LogP contribution in [0.2, 0.25) is 0 Å². The van der Waals surface area contributed by atoms with E-state index in [1.54, 1.807) is 0 Å². The van der Waals surface area contributed by atoms with Crippen LogP contribution in [0.3, 0.4) is 0 Å². The Kier molecular flexibility index (Phi) is 6.27. The van der Waals surface area contributed by atoms with Crippen LogP contribution in [0.1, 0.15) is 30.9 Å². The monoisotopic (exact) mass is 394 g/mol. The lowest BCUT2D eigenvalue weighted by atomic mass is 10.1. The Morgan fingerprint density at radius 2 is 1.90 bits per heavy atom. The van der Waals surface area contributed by atoms with Gasteiger partial charge < -0.3 is 15.4 Å². The van der Waals surface area contributed by atoms with Crippen molar-refractivity contribution in [2.75, 3.05) is 50.0 Å². The van der Waals surface area contributed by atoms with Crippen molar-refractivity contribution in [3.8, 4) is 0 Å². The van der Waals surface area contributed by atoms with Gasteiger partial charge in [-0.05, 0) is 11.5 Å². The summed E-state index contributed by atoms with van der Waals surface area (Å²) in [4.78, 5) is 7.28. The molecule has 1 aliphatic rings. The molecule has 0 aliphatic carbocycles. The van der Waals surface area contributed by atoms with Gasteiger partial charge in [-0.25, -0.2) is 4.98 Å². The minimum atomic E-state index is 0.366. The van der Waals surface area contributed by atoms with Gasteiger partial charge in [-0.2, -0.15) is 9.61 Å². The molecule has 1 fully saturated rings. The molecule has 1 saturated heterocycles. The Bertz CT molecular complexity index is 918. The van der Waals surface area contributed by atoms with Gasteiger partial charge in [-0.15, -0.1) is 0 Å². The summed E-state index contributed by atoms with van der Waals surface area (Å²) in [5.41, 5.74) is 3.30. The number of morpholine rings is 1. The third-order valence-corrected chi connectivity index (χ3v) is 5.28. The van der Waals surface area contributed by atoms with Crippen LogP contribution < -0.4 is 10.6 Å². The fourth-order valence-corrected chi connectivity index (χ4v) is 3.56. The van der Waals surface area contributed by atoms with Gasteiger partial charge in [0, 0.05) is 44.4 Å². The van der Waals surface area contributed by atoms with E-state index < -0.39 is 0 Å². The zero-order chi connectivity index (χ0) is 20.1. The maximum atomic E-state index is 5.43. The van der Waals surface area contributed by atoms with E-state index in [-0.39, 0.29) is 0 Å². The standard InChI is InChI=1S/C22H30N6O/c1-17(2)19-16-25-28-21(24-15-18-6-4-3-5-7-18)14-20(26-22(19)28)23-8-9-27-10-12-29-13-11-27/h3-7,14,16-17,24H,8-13,15H2,1-2H3,(H,23,26). The molecule has 2 N–H and O–H groups in total. The molecule has 0 spiro atoms. The first kappa shape index (κ1) is 19.7. The Balaban J connectivity index is 1.52. The van der Waals surface area contributed by atoms with Gasteiger partial charge in [0.05, 0.1) is 19.4 Å².